The summed E-state index contributed by atoms with van der Waals surface area (Å²) < 4.78 is 0. The van der Waals surface area contributed by atoms with Gasteiger partial charge in [-0.2, -0.15) is 0 Å². The molecular formula is C14H17ClN2. The van der Waals surface area contributed by atoms with Crippen LogP contribution < -0.4 is 11.1 Å². The minimum Gasteiger partial charge on any atom is -0.397 e. The molecule has 0 heterocycles. The minimum absolute atomic E-state index is 0.685. The number of anilines is 2. The molecule has 1 aromatic rings. The highest BCUT2D eigenvalue weighted by Crippen LogP contribution is 2.66. The molecule has 0 saturated heterocycles. The summed E-state index contributed by atoms with van der Waals surface area (Å²) in [4.78, 5) is 0. The van der Waals surface area contributed by atoms with Crippen LogP contribution in [0.25, 0.3) is 0 Å². The lowest BCUT2D eigenvalue weighted by molar-refractivity contribution is 0.456. The van der Waals surface area contributed by atoms with Crippen LogP contribution >= 0.6 is 11.6 Å². The van der Waals surface area contributed by atoms with E-state index >= 15 is 0 Å². The van der Waals surface area contributed by atoms with E-state index < -0.39 is 0 Å². The van der Waals surface area contributed by atoms with Crippen molar-refractivity contribution >= 4 is 23.0 Å². The SMILES string of the molecule is Nc1cc(Cl)ccc1NC1C2C3CCC(C3)C12. The minimum atomic E-state index is 0.685. The van der Waals surface area contributed by atoms with Crippen LogP contribution in [0.3, 0.4) is 0 Å². The lowest BCUT2D eigenvalue weighted by atomic mass is 10.0. The Balaban J connectivity index is 1.52. The highest BCUT2D eigenvalue weighted by atomic mass is 35.5. The van der Waals surface area contributed by atoms with Crippen LogP contribution in [0.15, 0.2) is 18.2 Å². The fraction of sp³-hybridized carbons (Fsp3) is 0.571. The predicted molar refractivity (Wildman–Crippen MR) is 71.1 cm³/mol. The Labute approximate surface area is 107 Å². The van der Waals surface area contributed by atoms with Crippen molar-refractivity contribution in [1.82, 2.24) is 0 Å². The topological polar surface area (TPSA) is 38.0 Å². The number of nitrogens with two attached hydrogens (primary N) is 1. The number of hydrogen-bond acceptors (Lipinski definition) is 2. The van der Waals surface area contributed by atoms with Crippen LogP contribution in [0.4, 0.5) is 11.4 Å². The molecule has 3 N–H and O–H groups in total. The second kappa shape index (κ2) is 3.32. The summed E-state index contributed by atoms with van der Waals surface area (Å²) >= 11 is 5.91. The van der Waals surface area contributed by atoms with Crippen molar-refractivity contribution < 1.29 is 0 Å². The first-order valence-corrected chi connectivity index (χ1v) is 6.93. The van der Waals surface area contributed by atoms with E-state index in [0.717, 1.165) is 35.0 Å². The molecule has 0 aliphatic heterocycles. The summed E-state index contributed by atoms with van der Waals surface area (Å²) in [5.41, 5.74) is 7.82. The maximum Gasteiger partial charge on any atom is 0.0577 e. The Kier molecular flexibility index (Phi) is 1.97. The number of hydrogen-bond donors (Lipinski definition) is 2. The maximum absolute atomic E-state index is 5.99. The molecule has 0 aromatic heterocycles. The molecule has 3 heteroatoms. The zero-order chi connectivity index (χ0) is 11.6. The molecule has 3 saturated carbocycles. The highest BCUT2D eigenvalue weighted by molar-refractivity contribution is 6.31. The van der Waals surface area contributed by atoms with Gasteiger partial charge in [0.25, 0.3) is 0 Å². The van der Waals surface area contributed by atoms with Crippen molar-refractivity contribution in [3.05, 3.63) is 23.2 Å². The predicted octanol–water partition coefficient (Wildman–Crippen LogP) is 3.38. The third-order valence-corrected chi connectivity index (χ3v) is 5.31. The van der Waals surface area contributed by atoms with Gasteiger partial charge in [-0.1, -0.05) is 11.6 Å². The number of benzene rings is 1. The van der Waals surface area contributed by atoms with Crippen LogP contribution in [0.5, 0.6) is 0 Å². The molecule has 0 spiro atoms. The number of rotatable bonds is 2. The Hall–Kier alpha value is -0.890. The molecule has 4 rings (SSSR count). The van der Waals surface area contributed by atoms with Gasteiger partial charge in [0.1, 0.15) is 0 Å². The molecule has 0 amide bonds. The quantitative estimate of drug-likeness (QED) is 0.788. The molecule has 2 bridgehead atoms. The number of nitrogens with one attached hydrogen (secondary N) is 1. The van der Waals surface area contributed by atoms with Gasteiger partial charge in [0.15, 0.2) is 0 Å². The van der Waals surface area contributed by atoms with Crippen LogP contribution in [0.2, 0.25) is 5.02 Å². The number of fused-ring (bicyclic) bond motifs is 5. The van der Waals surface area contributed by atoms with Crippen molar-refractivity contribution in [1.29, 1.82) is 0 Å². The Bertz CT molecular complexity index is 457. The maximum atomic E-state index is 5.99. The molecule has 0 radical (unpaired) electrons. The fourth-order valence-corrected chi connectivity index (χ4v) is 4.54. The van der Waals surface area contributed by atoms with Crippen LogP contribution in [-0.2, 0) is 0 Å². The van der Waals surface area contributed by atoms with Crippen LogP contribution in [0.1, 0.15) is 19.3 Å². The van der Waals surface area contributed by atoms with E-state index in [1.54, 1.807) is 0 Å². The summed E-state index contributed by atoms with van der Waals surface area (Å²) in [6.45, 7) is 0. The summed E-state index contributed by atoms with van der Waals surface area (Å²) in [6, 6.07) is 6.43. The van der Waals surface area contributed by atoms with Crippen molar-refractivity contribution in [2.45, 2.75) is 25.3 Å². The molecule has 1 aromatic carbocycles. The second-order valence-electron chi connectivity index (χ2n) is 5.89. The van der Waals surface area contributed by atoms with Crippen molar-refractivity contribution in [2.24, 2.45) is 23.7 Å². The van der Waals surface area contributed by atoms with E-state index in [2.05, 4.69) is 5.32 Å². The summed E-state index contributed by atoms with van der Waals surface area (Å²) in [7, 11) is 0. The van der Waals surface area contributed by atoms with E-state index in [0.29, 0.717) is 11.1 Å². The normalized spacial score (nSPS) is 41.4. The zero-order valence-electron chi connectivity index (χ0n) is 9.70. The van der Waals surface area contributed by atoms with Gasteiger partial charge in [-0.25, -0.2) is 0 Å². The van der Waals surface area contributed by atoms with Gasteiger partial charge in [-0.05, 0) is 61.1 Å². The average molecular weight is 249 g/mol. The van der Waals surface area contributed by atoms with Gasteiger partial charge in [0.05, 0.1) is 11.4 Å². The van der Waals surface area contributed by atoms with E-state index in [9.17, 15) is 0 Å². The third kappa shape index (κ3) is 1.40. The first kappa shape index (κ1) is 10.1. The van der Waals surface area contributed by atoms with E-state index in [-0.39, 0.29) is 0 Å². The zero-order valence-corrected chi connectivity index (χ0v) is 10.5. The summed E-state index contributed by atoms with van der Waals surface area (Å²) in [5.74, 6) is 3.86. The lowest BCUT2D eigenvalue weighted by Gasteiger charge is -2.13. The smallest absolute Gasteiger partial charge is 0.0577 e. The molecule has 2 nitrogen and oxygen atoms in total. The monoisotopic (exact) mass is 248 g/mol. The first-order chi connectivity index (χ1) is 8.24. The van der Waals surface area contributed by atoms with Gasteiger partial charge >= 0.3 is 0 Å². The van der Waals surface area contributed by atoms with Crippen molar-refractivity contribution in [2.75, 3.05) is 11.1 Å². The number of halogens is 1. The Morgan fingerprint density at radius 3 is 2.53 bits per heavy atom. The number of nitrogen functional groups attached to an aromatic ring is 1. The fourth-order valence-electron chi connectivity index (χ4n) is 4.36. The van der Waals surface area contributed by atoms with Gasteiger partial charge in [-0.15, -0.1) is 0 Å². The Morgan fingerprint density at radius 2 is 1.88 bits per heavy atom. The summed E-state index contributed by atoms with van der Waals surface area (Å²) in [5, 5.41) is 4.34. The largest absolute Gasteiger partial charge is 0.397 e. The Morgan fingerprint density at radius 1 is 1.18 bits per heavy atom. The van der Waals surface area contributed by atoms with E-state index in [1.807, 2.05) is 18.2 Å². The molecule has 3 aliphatic carbocycles. The van der Waals surface area contributed by atoms with Gasteiger partial charge < -0.3 is 11.1 Å². The van der Waals surface area contributed by atoms with Crippen molar-refractivity contribution in [3.63, 3.8) is 0 Å². The van der Waals surface area contributed by atoms with E-state index in [4.69, 9.17) is 17.3 Å². The van der Waals surface area contributed by atoms with Crippen LogP contribution in [0, 0.1) is 23.7 Å². The third-order valence-electron chi connectivity index (χ3n) is 5.07. The molecule has 90 valence electrons. The van der Waals surface area contributed by atoms with Crippen molar-refractivity contribution in [3.8, 4) is 0 Å². The summed E-state index contributed by atoms with van der Waals surface area (Å²) in [6.07, 6.45) is 4.41. The van der Waals surface area contributed by atoms with Gasteiger partial charge in [0.2, 0.25) is 0 Å². The highest BCUT2D eigenvalue weighted by Gasteiger charge is 2.65. The molecule has 4 atom stereocenters. The molecule has 4 unspecified atom stereocenters. The van der Waals surface area contributed by atoms with Gasteiger partial charge in [0, 0.05) is 11.1 Å². The van der Waals surface area contributed by atoms with Crippen LogP contribution in [-0.4, -0.2) is 6.04 Å². The first-order valence-electron chi connectivity index (χ1n) is 6.55. The lowest BCUT2D eigenvalue weighted by Crippen LogP contribution is -2.13. The molecule has 3 fully saturated rings. The van der Waals surface area contributed by atoms with Gasteiger partial charge in [-0.3, -0.25) is 0 Å². The average Bonchev–Trinajstić information content (AvgIpc) is 2.70. The molecule has 17 heavy (non-hydrogen) atoms. The molecular weight excluding hydrogens is 232 g/mol. The van der Waals surface area contributed by atoms with E-state index in [1.165, 1.54) is 19.3 Å². The molecule has 3 aliphatic rings. The standard InChI is InChI=1S/C14H17ClN2/c15-9-3-4-11(10(16)6-9)17-14-12-7-1-2-8(5-7)13(12)14/h3-4,6-8,12-14,17H,1-2,5,16H2. The second-order valence-corrected chi connectivity index (χ2v) is 6.33.